The van der Waals surface area contributed by atoms with E-state index in [1.54, 1.807) is 0 Å². The molecule has 19 heavy (non-hydrogen) atoms. The van der Waals surface area contributed by atoms with Crippen LogP contribution in [0.3, 0.4) is 0 Å². The van der Waals surface area contributed by atoms with E-state index in [-0.39, 0.29) is 5.41 Å². The molecule has 0 amide bonds. The van der Waals surface area contributed by atoms with Gasteiger partial charge in [0.2, 0.25) is 0 Å². The lowest BCUT2D eigenvalue weighted by Gasteiger charge is -2.27. The van der Waals surface area contributed by atoms with E-state index in [9.17, 15) is 0 Å². The van der Waals surface area contributed by atoms with Gasteiger partial charge in [-0.15, -0.1) is 0 Å². The fraction of sp³-hybridized carbons (Fsp3) is 0.812. The van der Waals surface area contributed by atoms with Crippen LogP contribution in [0.25, 0.3) is 0 Å². The third kappa shape index (κ3) is 4.94. The molecule has 1 rings (SSSR count). The van der Waals surface area contributed by atoms with Crippen molar-refractivity contribution in [3.63, 3.8) is 0 Å². The van der Waals surface area contributed by atoms with Crippen molar-refractivity contribution in [2.75, 3.05) is 0 Å². The molecular weight excluding hydrogens is 302 g/mol. The van der Waals surface area contributed by atoms with Crippen molar-refractivity contribution in [3.05, 3.63) is 16.3 Å². The summed E-state index contributed by atoms with van der Waals surface area (Å²) in [5.41, 5.74) is 0.129. The SMILES string of the molecule is CCCCCCC(C)(CCCC)c1oc(C)nc1Br. The summed E-state index contributed by atoms with van der Waals surface area (Å²) in [6.45, 7) is 8.76. The zero-order valence-corrected chi connectivity index (χ0v) is 14.5. The molecule has 0 bridgehead atoms. The second-order valence-electron chi connectivity index (χ2n) is 5.83. The molecule has 1 aromatic rings. The van der Waals surface area contributed by atoms with E-state index in [0.717, 1.165) is 16.3 Å². The quantitative estimate of drug-likeness (QED) is 0.506. The van der Waals surface area contributed by atoms with Gasteiger partial charge in [-0.2, -0.15) is 0 Å². The monoisotopic (exact) mass is 329 g/mol. The zero-order chi connectivity index (χ0) is 14.3. The van der Waals surface area contributed by atoms with Crippen LogP contribution in [0.2, 0.25) is 0 Å². The average molecular weight is 330 g/mol. The van der Waals surface area contributed by atoms with E-state index in [0.29, 0.717) is 0 Å². The standard InChI is InChI=1S/C16H28BrNO/c1-5-7-9-10-12-16(4,11-8-6-2)14-15(17)18-13(3)19-14/h5-12H2,1-4H3. The van der Waals surface area contributed by atoms with Crippen LogP contribution in [0.5, 0.6) is 0 Å². The minimum Gasteiger partial charge on any atom is -0.444 e. The van der Waals surface area contributed by atoms with Crippen LogP contribution >= 0.6 is 15.9 Å². The van der Waals surface area contributed by atoms with Crippen molar-refractivity contribution in [3.8, 4) is 0 Å². The van der Waals surface area contributed by atoms with Gasteiger partial charge in [0.15, 0.2) is 5.89 Å². The number of hydrogen-bond donors (Lipinski definition) is 0. The highest BCUT2D eigenvalue weighted by Crippen LogP contribution is 2.39. The lowest BCUT2D eigenvalue weighted by Crippen LogP contribution is -2.22. The Labute approximate surface area is 126 Å². The molecule has 2 nitrogen and oxygen atoms in total. The molecule has 0 aliphatic carbocycles. The number of unbranched alkanes of at least 4 members (excludes halogenated alkanes) is 4. The van der Waals surface area contributed by atoms with Gasteiger partial charge in [0, 0.05) is 12.3 Å². The number of aromatic nitrogens is 1. The molecule has 0 N–H and O–H groups in total. The van der Waals surface area contributed by atoms with E-state index in [1.165, 1.54) is 51.4 Å². The molecular formula is C16H28BrNO. The molecule has 1 aromatic heterocycles. The number of aryl methyl sites for hydroxylation is 1. The summed E-state index contributed by atoms with van der Waals surface area (Å²) in [6, 6.07) is 0. The molecule has 110 valence electrons. The molecule has 1 atom stereocenters. The fourth-order valence-corrected chi connectivity index (χ4v) is 3.44. The predicted octanol–water partition coefficient (Wildman–Crippen LogP) is 6.16. The van der Waals surface area contributed by atoms with E-state index >= 15 is 0 Å². The van der Waals surface area contributed by atoms with Gasteiger partial charge >= 0.3 is 0 Å². The van der Waals surface area contributed by atoms with Crippen LogP contribution in [0.1, 0.15) is 83.8 Å². The molecule has 0 fully saturated rings. The first kappa shape index (κ1) is 16.7. The van der Waals surface area contributed by atoms with Gasteiger partial charge in [-0.1, -0.05) is 59.3 Å². The lowest BCUT2D eigenvalue weighted by molar-refractivity contribution is 0.294. The Hall–Kier alpha value is -0.310. The minimum absolute atomic E-state index is 0.129. The Morgan fingerprint density at radius 1 is 1.05 bits per heavy atom. The minimum atomic E-state index is 0.129. The molecule has 3 heteroatoms. The Balaban J connectivity index is 2.76. The Kier molecular flexibility index (Phi) is 7.12. The van der Waals surface area contributed by atoms with E-state index in [2.05, 4.69) is 41.7 Å². The summed E-state index contributed by atoms with van der Waals surface area (Å²) in [6.07, 6.45) is 10.1. The van der Waals surface area contributed by atoms with Gasteiger partial charge in [-0.05, 0) is 28.8 Å². The molecule has 0 radical (unpaired) electrons. The number of nitrogens with zero attached hydrogens (tertiary/aromatic N) is 1. The summed E-state index contributed by atoms with van der Waals surface area (Å²) in [5, 5.41) is 0. The smallest absolute Gasteiger partial charge is 0.192 e. The maximum absolute atomic E-state index is 5.88. The van der Waals surface area contributed by atoms with Crippen LogP contribution in [0.15, 0.2) is 9.02 Å². The molecule has 0 aliphatic heterocycles. The number of halogens is 1. The highest BCUT2D eigenvalue weighted by Gasteiger charge is 2.32. The summed E-state index contributed by atoms with van der Waals surface area (Å²) in [4.78, 5) is 4.38. The Morgan fingerprint density at radius 3 is 2.21 bits per heavy atom. The van der Waals surface area contributed by atoms with Gasteiger partial charge in [-0.3, -0.25) is 0 Å². The van der Waals surface area contributed by atoms with Gasteiger partial charge in [0.25, 0.3) is 0 Å². The molecule has 0 saturated heterocycles. The molecule has 0 aromatic carbocycles. The van der Waals surface area contributed by atoms with Crippen LogP contribution in [-0.2, 0) is 5.41 Å². The number of oxazole rings is 1. The second kappa shape index (κ2) is 8.08. The normalized spacial score (nSPS) is 14.6. The predicted molar refractivity (Wildman–Crippen MR) is 84.6 cm³/mol. The number of rotatable bonds is 9. The Morgan fingerprint density at radius 2 is 1.68 bits per heavy atom. The second-order valence-corrected chi connectivity index (χ2v) is 6.58. The van der Waals surface area contributed by atoms with Crippen LogP contribution in [0.4, 0.5) is 0 Å². The van der Waals surface area contributed by atoms with Gasteiger partial charge in [0.1, 0.15) is 10.4 Å². The van der Waals surface area contributed by atoms with Crippen molar-refractivity contribution in [2.24, 2.45) is 0 Å². The summed E-state index contributed by atoms with van der Waals surface area (Å²) >= 11 is 3.56. The fourth-order valence-electron chi connectivity index (χ4n) is 2.63. The van der Waals surface area contributed by atoms with Crippen molar-refractivity contribution in [1.82, 2.24) is 4.98 Å². The maximum Gasteiger partial charge on any atom is 0.192 e. The first-order valence-electron chi connectivity index (χ1n) is 7.67. The van der Waals surface area contributed by atoms with Crippen molar-refractivity contribution in [2.45, 2.75) is 84.5 Å². The van der Waals surface area contributed by atoms with Crippen LogP contribution in [-0.4, -0.2) is 4.98 Å². The first-order chi connectivity index (χ1) is 9.03. The Bertz CT molecular complexity index is 375. The van der Waals surface area contributed by atoms with Gasteiger partial charge < -0.3 is 4.42 Å². The van der Waals surface area contributed by atoms with Crippen molar-refractivity contribution >= 4 is 15.9 Å². The third-order valence-electron chi connectivity index (χ3n) is 3.91. The highest BCUT2D eigenvalue weighted by molar-refractivity contribution is 9.10. The molecule has 1 unspecified atom stereocenters. The summed E-state index contributed by atoms with van der Waals surface area (Å²) < 4.78 is 6.78. The molecule has 0 saturated carbocycles. The third-order valence-corrected chi connectivity index (χ3v) is 4.44. The topological polar surface area (TPSA) is 26.0 Å². The van der Waals surface area contributed by atoms with Crippen molar-refractivity contribution in [1.29, 1.82) is 0 Å². The number of hydrogen-bond acceptors (Lipinski definition) is 2. The lowest BCUT2D eigenvalue weighted by atomic mass is 9.78. The summed E-state index contributed by atoms with van der Waals surface area (Å²) in [5.74, 6) is 1.81. The largest absolute Gasteiger partial charge is 0.444 e. The first-order valence-corrected chi connectivity index (χ1v) is 8.46. The molecule has 0 spiro atoms. The van der Waals surface area contributed by atoms with Gasteiger partial charge in [-0.25, -0.2) is 4.98 Å². The summed E-state index contributed by atoms with van der Waals surface area (Å²) in [7, 11) is 0. The van der Waals surface area contributed by atoms with E-state index in [4.69, 9.17) is 4.42 Å². The average Bonchev–Trinajstić information content (AvgIpc) is 2.72. The maximum atomic E-state index is 5.88. The van der Waals surface area contributed by atoms with Crippen LogP contribution in [0, 0.1) is 6.92 Å². The van der Waals surface area contributed by atoms with E-state index in [1.807, 2.05) is 6.92 Å². The molecule has 0 aliphatic rings. The molecule has 1 heterocycles. The highest BCUT2D eigenvalue weighted by atomic mass is 79.9. The van der Waals surface area contributed by atoms with Gasteiger partial charge in [0.05, 0.1) is 0 Å². The zero-order valence-electron chi connectivity index (χ0n) is 12.9. The van der Waals surface area contributed by atoms with E-state index < -0.39 is 0 Å². The van der Waals surface area contributed by atoms with Crippen LogP contribution < -0.4 is 0 Å². The van der Waals surface area contributed by atoms with Crippen molar-refractivity contribution < 1.29 is 4.42 Å².